The lowest BCUT2D eigenvalue weighted by Gasteiger charge is -2.21. The zero-order chi connectivity index (χ0) is 36.6. The van der Waals surface area contributed by atoms with Crippen molar-refractivity contribution in [3.05, 3.63) is 36.5 Å². The molecule has 0 saturated heterocycles. The number of carbonyl (C=O) groups is 1. The Labute approximate surface area is 311 Å². The fourth-order valence-corrected chi connectivity index (χ4v) is 6.55. The average Bonchev–Trinajstić information content (AvgIpc) is 3.11. The molecule has 0 aromatic carbocycles. The largest absolute Gasteiger partial charge is 0.394 e. The van der Waals surface area contributed by atoms with Gasteiger partial charge in [-0.05, 0) is 44.9 Å². The monoisotopic (exact) mass is 704 g/mol. The minimum Gasteiger partial charge on any atom is -0.394 e. The third-order valence-electron chi connectivity index (χ3n) is 9.91. The zero-order valence-electron chi connectivity index (χ0n) is 33.3. The van der Waals surface area contributed by atoms with Crippen molar-refractivity contribution in [2.24, 2.45) is 0 Å². The Hall–Kier alpha value is -1.43. The van der Waals surface area contributed by atoms with E-state index in [0.29, 0.717) is 6.42 Å². The normalized spacial score (nSPS) is 13.9. The van der Waals surface area contributed by atoms with E-state index in [1.807, 2.05) is 6.08 Å². The van der Waals surface area contributed by atoms with Gasteiger partial charge in [0.1, 0.15) is 0 Å². The third-order valence-corrected chi connectivity index (χ3v) is 9.91. The van der Waals surface area contributed by atoms with Gasteiger partial charge in [0, 0.05) is 0 Å². The van der Waals surface area contributed by atoms with Crippen molar-refractivity contribution < 1.29 is 20.1 Å². The number of carbonyl (C=O) groups excluding carboxylic acids is 1. The van der Waals surface area contributed by atoms with Gasteiger partial charge in [-0.15, -0.1) is 0 Å². The highest BCUT2D eigenvalue weighted by Crippen LogP contribution is 2.15. The van der Waals surface area contributed by atoms with Crippen LogP contribution in [0.4, 0.5) is 0 Å². The second-order valence-electron chi connectivity index (χ2n) is 14.9. The number of rotatable bonds is 39. The molecule has 0 saturated carbocycles. The van der Waals surface area contributed by atoms with E-state index in [-0.39, 0.29) is 18.9 Å². The number of aliphatic hydroxyl groups excluding tert-OH is 3. The van der Waals surface area contributed by atoms with Gasteiger partial charge in [-0.2, -0.15) is 0 Å². The summed E-state index contributed by atoms with van der Waals surface area (Å²) in [6.07, 6.45) is 50.0. The van der Waals surface area contributed by atoms with E-state index in [1.165, 1.54) is 154 Å². The Kier molecular flexibility index (Phi) is 39.2. The highest BCUT2D eigenvalue weighted by molar-refractivity contribution is 5.76. The van der Waals surface area contributed by atoms with Crippen LogP contribution in [0.25, 0.3) is 0 Å². The molecule has 0 spiro atoms. The Balaban J connectivity index is 3.74. The standard InChI is InChI=1S/C45H85NO4/c1-3-5-7-9-11-13-15-17-19-21-22-23-25-27-29-31-33-35-37-39-44(49)43(41-47)46-45(50)40-42(48)38-36-34-32-30-28-26-24-20-18-16-14-12-10-8-6-4-2/h22-23,29,31,37,39,42-44,47-49H,3-21,24-28,30,32-36,38,40-41H2,1-2H3,(H,46,50)/b23-22+,31-29+,39-37+. The molecule has 50 heavy (non-hydrogen) atoms. The van der Waals surface area contributed by atoms with Gasteiger partial charge in [-0.3, -0.25) is 4.79 Å². The molecule has 0 aromatic heterocycles. The maximum Gasteiger partial charge on any atom is 0.222 e. The molecule has 0 bridgehead atoms. The lowest BCUT2D eigenvalue weighted by molar-refractivity contribution is -0.124. The second kappa shape index (κ2) is 40.3. The molecule has 0 radical (unpaired) electrons. The van der Waals surface area contributed by atoms with E-state index < -0.39 is 18.2 Å². The highest BCUT2D eigenvalue weighted by Gasteiger charge is 2.20. The number of nitrogens with one attached hydrogen (secondary N) is 1. The van der Waals surface area contributed by atoms with Gasteiger partial charge in [0.2, 0.25) is 5.91 Å². The predicted molar refractivity (Wildman–Crippen MR) is 218 cm³/mol. The summed E-state index contributed by atoms with van der Waals surface area (Å²) < 4.78 is 0. The SMILES string of the molecule is CCCCCCCCCCC/C=C/CC/C=C/CC/C=C/C(O)C(CO)NC(=O)CC(O)CCCCCCCCCCCCCCCCCC. The summed E-state index contributed by atoms with van der Waals surface area (Å²) in [5, 5.41) is 33.2. The number of allylic oxidation sites excluding steroid dienone is 5. The zero-order valence-corrected chi connectivity index (χ0v) is 33.3. The van der Waals surface area contributed by atoms with Gasteiger partial charge in [-0.25, -0.2) is 0 Å². The quantitative estimate of drug-likeness (QED) is 0.0379. The van der Waals surface area contributed by atoms with Crippen LogP contribution >= 0.6 is 0 Å². The van der Waals surface area contributed by atoms with Crippen LogP contribution in [0.3, 0.4) is 0 Å². The highest BCUT2D eigenvalue weighted by atomic mass is 16.3. The van der Waals surface area contributed by atoms with Crippen molar-refractivity contribution >= 4 is 5.91 Å². The first-order valence-electron chi connectivity index (χ1n) is 21.8. The van der Waals surface area contributed by atoms with Crippen molar-refractivity contribution in [3.8, 4) is 0 Å². The lowest BCUT2D eigenvalue weighted by atomic mass is 10.0. The lowest BCUT2D eigenvalue weighted by Crippen LogP contribution is -2.45. The first-order valence-corrected chi connectivity index (χ1v) is 21.8. The Morgan fingerprint density at radius 1 is 0.500 bits per heavy atom. The summed E-state index contributed by atoms with van der Waals surface area (Å²) in [7, 11) is 0. The van der Waals surface area contributed by atoms with Crippen LogP contribution in [0.1, 0.15) is 219 Å². The van der Waals surface area contributed by atoms with Crippen LogP contribution in [0, 0.1) is 0 Å². The fraction of sp³-hybridized carbons (Fsp3) is 0.844. The maximum atomic E-state index is 12.4. The van der Waals surface area contributed by atoms with Gasteiger partial charge in [0.25, 0.3) is 0 Å². The van der Waals surface area contributed by atoms with E-state index in [1.54, 1.807) is 6.08 Å². The van der Waals surface area contributed by atoms with Crippen LogP contribution in [0.2, 0.25) is 0 Å². The van der Waals surface area contributed by atoms with Crippen molar-refractivity contribution in [1.29, 1.82) is 0 Å². The first-order chi connectivity index (χ1) is 24.5. The second-order valence-corrected chi connectivity index (χ2v) is 14.9. The molecule has 1 amide bonds. The molecule has 0 aliphatic heterocycles. The number of amides is 1. The van der Waals surface area contributed by atoms with Crippen LogP contribution in [-0.2, 0) is 4.79 Å². The van der Waals surface area contributed by atoms with Gasteiger partial charge in [0.05, 0.1) is 31.3 Å². The molecular formula is C45H85NO4. The smallest absolute Gasteiger partial charge is 0.222 e. The molecule has 0 aromatic rings. The molecule has 0 rings (SSSR count). The van der Waals surface area contributed by atoms with E-state index in [0.717, 1.165) is 38.5 Å². The molecule has 0 fully saturated rings. The molecule has 0 aliphatic carbocycles. The van der Waals surface area contributed by atoms with Crippen molar-refractivity contribution in [3.63, 3.8) is 0 Å². The van der Waals surface area contributed by atoms with E-state index in [4.69, 9.17) is 0 Å². The number of hydrogen-bond acceptors (Lipinski definition) is 4. The Bertz CT molecular complexity index is 779. The van der Waals surface area contributed by atoms with E-state index in [2.05, 4.69) is 43.5 Å². The number of hydrogen-bond donors (Lipinski definition) is 4. The van der Waals surface area contributed by atoms with E-state index in [9.17, 15) is 20.1 Å². The van der Waals surface area contributed by atoms with E-state index >= 15 is 0 Å². The predicted octanol–water partition coefficient (Wildman–Crippen LogP) is 12.4. The molecule has 3 atom stereocenters. The van der Waals surface area contributed by atoms with Crippen LogP contribution < -0.4 is 5.32 Å². The molecule has 3 unspecified atom stereocenters. The van der Waals surface area contributed by atoms with Gasteiger partial charge >= 0.3 is 0 Å². The third kappa shape index (κ3) is 36.4. The maximum absolute atomic E-state index is 12.4. The Morgan fingerprint density at radius 3 is 1.28 bits per heavy atom. The minimum absolute atomic E-state index is 0.00487. The van der Waals surface area contributed by atoms with Crippen LogP contribution in [-0.4, -0.2) is 46.1 Å². The van der Waals surface area contributed by atoms with Gasteiger partial charge in [-0.1, -0.05) is 204 Å². The molecule has 5 nitrogen and oxygen atoms in total. The Morgan fingerprint density at radius 2 is 0.860 bits per heavy atom. The van der Waals surface area contributed by atoms with Crippen molar-refractivity contribution in [2.45, 2.75) is 238 Å². The van der Waals surface area contributed by atoms with Crippen molar-refractivity contribution in [2.75, 3.05) is 6.61 Å². The molecule has 294 valence electrons. The molecule has 4 N–H and O–H groups in total. The molecule has 5 heteroatoms. The number of aliphatic hydroxyl groups is 3. The van der Waals surface area contributed by atoms with Crippen LogP contribution in [0.15, 0.2) is 36.5 Å². The van der Waals surface area contributed by atoms with Crippen LogP contribution in [0.5, 0.6) is 0 Å². The topological polar surface area (TPSA) is 89.8 Å². The summed E-state index contributed by atoms with van der Waals surface area (Å²) in [6.45, 7) is 4.20. The summed E-state index contributed by atoms with van der Waals surface area (Å²) >= 11 is 0. The number of unbranched alkanes of at least 4 members (excludes halogenated alkanes) is 26. The first kappa shape index (κ1) is 48.6. The summed E-state index contributed by atoms with van der Waals surface area (Å²) in [5.41, 5.74) is 0. The summed E-state index contributed by atoms with van der Waals surface area (Å²) in [4.78, 5) is 12.4. The molecule has 0 aliphatic rings. The minimum atomic E-state index is -0.957. The fourth-order valence-electron chi connectivity index (χ4n) is 6.55. The van der Waals surface area contributed by atoms with Gasteiger partial charge in [0.15, 0.2) is 0 Å². The average molecular weight is 704 g/mol. The summed E-state index contributed by atoms with van der Waals surface area (Å²) in [6, 6.07) is -0.764. The molecular weight excluding hydrogens is 618 g/mol. The summed E-state index contributed by atoms with van der Waals surface area (Å²) in [5.74, 6) is -0.328. The van der Waals surface area contributed by atoms with Crippen molar-refractivity contribution in [1.82, 2.24) is 5.32 Å². The van der Waals surface area contributed by atoms with Gasteiger partial charge < -0.3 is 20.6 Å². The molecule has 0 heterocycles.